The predicted octanol–water partition coefficient (Wildman–Crippen LogP) is 1.80. The number of nitrogens with one attached hydrogen (secondary N) is 1. The highest BCUT2D eigenvalue weighted by molar-refractivity contribution is 6.42. The summed E-state index contributed by atoms with van der Waals surface area (Å²) in [6.07, 6.45) is -0.773. The van der Waals surface area contributed by atoms with Crippen LogP contribution < -0.4 is 11.2 Å². The van der Waals surface area contributed by atoms with Crippen molar-refractivity contribution in [2.24, 2.45) is 29.6 Å². The topological polar surface area (TPSA) is 128 Å². The third-order valence-electron chi connectivity index (χ3n) is 5.14. The van der Waals surface area contributed by atoms with E-state index < -0.39 is 47.8 Å². The number of carboxylic acids is 1. The van der Waals surface area contributed by atoms with Crippen molar-refractivity contribution in [3.63, 3.8) is 0 Å². The zero-order valence-corrected chi connectivity index (χ0v) is 17.0. The van der Waals surface area contributed by atoms with Gasteiger partial charge < -0.3 is 20.0 Å². The van der Waals surface area contributed by atoms with Gasteiger partial charge in [0.25, 0.3) is 0 Å². The highest BCUT2D eigenvalue weighted by Gasteiger charge is 2.72. The number of benzene rings is 1. The van der Waals surface area contributed by atoms with Crippen molar-refractivity contribution in [3.05, 3.63) is 33.8 Å². The van der Waals surface area contributed by atoms with Gasteiger partial charge >= 0.3 is 11.9 Å². The zero-order chi connectivity index (χ0) is 19.9. The molecule has 2 aliphatic carbocycles. The Labute approximate surface area is 177 Å². The number of carbonyl (C=O) groups is 3. The zero-order valence-electron chi connectivity index (χ0n) is 14.6. The van der Waals surface area contributed by atoms with Gasteiger partial charge in [-0.05, 0) is 29.5 Å². The summed E-state index contributed by atoms with van der Waals surface area (Å²) in [5, 5.41) is 12.8. The van der Waals surface area contributed by atoms with Crippen LogP contribution in [0.2, 0.25) is 10.0 Å². The number of amides is 1. The molecule has 0 aromatic heterocycles. The number of hydrogen-bond donors (Lipinski definition) is 3. The fourth-order valence-electron chi connectivity index (χ4n) is 4.09. The van der Waals surface area contributed by atoms with Crippen molar-refractivity contribution >= 4 is 53.5 Å². The van der Waals surface area contributed by atoms with E-state index in [0.29, 0.717) is 15.6 Å². The summed E-state index contributed by atoms with van der Waals surface area (Å²) in [5.74, 6) is 0.325. The van der Waals surface area contributed by atoms with Crippen molar-refractivity contribution in [2.45, 2.75) is 25.7 Å². The van der Waals surface area contributed by atoms with Crippen LogP contribution in [-0.2, 0) is 30.6 Å². The average Bonchev–Trinajstić information content (AvgIpc) is 3.26. The second-order valence-electron chi connectivity index (χ2n) is 6.73. The number of ether oxygens (including phenoxy) is 1. The smallest absolute Gasteiger partial charge is 0.330 e. The van der Waals surface area contributed by atoms with Crippen molar-refractivity contribution in [1.82, 2.24) is 5.32 Å². The molecule has 8 nitrogen and oxygen atoms in total. The summed E-state index contributed by atoms with van der Waals surface area (Å²) in [6.45, 7) is 1.40. The van der Waals surface area contributed by atoms with E-state index in [0.717, 1.165) is 0 Å². The molecule has 11 heteroatoms. The standard InChI is InChI=1S/C17H18Cl2N2O6.ClH/c1-6(22)21-14-11-10(12(11)16(23)24)13(17(25)27-20)15(14)26-5-7-2-3-8(18)9(19)4-7;/h2-4,10-15H,5,20H2,1H3,(H,21,22)(H,23,24);1H. The first-order valence-electron chi connectivity index (χ1n) is 8.22. The molecule has 28 heavy (non-hydrogen) atoms. The van der Waals surface area contributed by atoms with Crippen LogP contribution in [0.4, 0.5) is 0 Å². The van der Waals surface area contributed by atoms with Gasteiger partial charge in [-0.3, -0.25) is 9.59 Å². The molecule has 0 bridgehead atoms. The van der Waals surface area contributed by atoms with E-state index in [1.807, 2.05) is 0 Å². The average molecular weight is 454 g/mol. The molecule has 4 N–H and O–H groups in total. The van der Waals surface area contributed by atoms with Gasteiger partial charge in [-0.1, -0.05) is 29.3 Å². The number of nitrogens with two attached hydrogens (primary N) is 1. The Bertz CT molecular complexity index is 792. The summed E-state index contributed by atoms with van der Waals surface area (Å²) in [4.78, 5) is 39.6. The molecule has 1 aromatic carbocycles. The van der Waals surface area contributed by atoms with Crippen LogP contribution in [0, 0.1) is 23.7 Å². The maximum absolute atomic E-state index is 12.2. The van der Waals surface area contributed by atoms with Gasteiger partial charge in [0.2, 0.25) is 5.91 Å². The molecule has 0 aliphatic heterocycles. The number of fused-ring (bicyclic) bond motifs is 1. The third kappa shape index (κ3) is 4.21. The van der Waals surface area contributed by atoms with Gasteiger partial charge in [-0.25, -0.2) is 4.79 Å². The molecule has 2 aliphatic rings. The Morgan fingerprint density at radius 2 is 1.86 bits per heavy atom. The lowest BCUT2D eigenvalue weighted by Gasteiger charge is -2.28. The van der Waals surface area contributed by atoms with E-state index in [9.17, 15) is 19.5 Å². The highest BCUT2D eigenvalue weighted by atomic mass is 35.5. The number of carboxylic acid groups (broad SMARTS) is 1. The molecule has 3 rings (SSSR count). The van der Waals surface area contributed by atoms with E-state index in [1.165, 1.54) is 6.92 Å². The molecule has 1 amide bonds. The molecule has 1 aromatic rings. The quantitative estimate of drug-likeness (QED) is 0.560. The Balaban J connectivity index is 0.00000280. The van der Waals surface area contributed by atoms with E-state index in [-0.39, 0.29) is 24.9 Å². The minimum atomic E-state index is -1.03. The largest absolute Gasteiger partial charge is 0.481 e. The third-order valence-corrected chi connectivity index (χ3v) is 5.88. The maximum Gasteiger partial charge on any atom is 0.330 e. The summed E-state index contributed by atoms with van der Waals surface area (Å²) in [6, 6.07) is 4.32. The van der Waals surface area contributed by atoms with Crippen molar-refractivity contribution < 1.29 is 29.1 Å². The first-order chi connectivity index (χ1) is 12.8. The number of hydrogen-bond acceptors (Lipinski definition) is 6. The van der Waals surface area contributed by atoms with Crippen LogP contribution >= 0.6 is 35.6 Å². The highest BCUT2D eigenvalue weighted by Crippen LogP contribution is 2.61. The number of carbonyl (C=O) groups excluding carboxylic acids is 2. The lowest BCUT2D eigenvalue weighted by Crippen LogP contribution is -2.48. The molecule has 0 saturated heterocycles. The van der Waals surface area contributed by atoms with Crippen molar-refractivity contribution in [1.29, 1.82) is 0 Å². The molecule has 6 atom stereocenters. The van der Waals surface area contributed by atoms with Crippen LogP contribution in [0.15, 0.2) is 18.2 Å². The Morgan fingerprint density at radius 3 is 2.39 bits per heavy atom. The fraction of sp³-hybridized carbons (Fsp3) is 0.471. The van der Waals surface area contributed by atoms with Gasteiger partial charge in [0.1, 0.15) is 0 Å². The molecule has 0 heterocycles. The Kier molecular flexibility index (Phi) is 7.17. The van der Waals surface area contributed by atoms with Gasteiger partial charge in [-0.15, -0.1) is 12.4 Å². The SMILES string of the molecule is CC(=O)NC1C(OCc2ccc(Cl)c(Cl)c2)C(C(=O)ON)C2C(C(=O)O)C12.Cl. The summed E-state index contributed by atoms with van der Waals surface area (Å²) in [7, 11) is 0. The number of halogens is 3. The summed E-state index contributed by atoms with van der Waals surface area (Å²) >= 11 is 11.9. The van der Waals surface area contributed by atoms with Crippen LogP contribution in [0.1, 0.15) is 12.5 Å². The van der Waals surface area contributed by atoms with Crippen LogP contribution in [0.25, 0.3) is 0 Å². The van der Waals surface area contributed by atoms with Gasteiger partial charge in [-0.2, -0.15) is 5.90 Å². The molecule has 0 spiro atoms. The van der Waals surface area contributed by atoms with E-state index in [2.05, 4.69) is 10.2 Å². The molecular formula is C17H19Cl3N2O6. The van der Waals surface area contributed by atoms with Gasteiger partial charge in [0, 0.05) is 6.92 Å². The molecule has 2 saturated carbocycles. The van der Waals surface area contributed by atoms with Gasteiger partial charge in [0.15, 0.2) is 0 Å². The number of rotatable bonds is 6. The van der Waals surface area contributed by atoms with Gasteiger partial charge in [0.05, 0.1) is 40.6 Å². The Hall–Kier alpha value is -1.58. The first-order valence-corrected chi connectivity index (χ1v) is 8.98. The minimum Gasteiger partial charge on any atom is -0.481 e. The second kappa shape index (κ2) is 8.84. The molecular weight excluding hydrogens is 435 g/mol. The van der Waals surface area contributed by atoms with Crippen LogP contribution in [0.5, 0.6) is 0 Å². The maximum atomic E-state index is 12.2. The molecule has 2 fully saturated rings. The van der Waals surface area contributed by atoms with Crippen LogP contribution in [-0.4, -0.2) is 35.1 Å². The predicted molar refractivity (Wildman–Crippen MR) is 102 cm³/mol. The summed E-state index contributed by atoms with van der Waals surface area (Å²) in [5.41, 5.74) is 0.709. The summed E-state index contributed by atoms with van der Waals surface area (Å²) < 4.78 is 5.90. The van der Waals surface area contributed by atoms with Crippen molar-refractivity contribution in [2.75, 3.05) is 0 Å². The lowest BCUT2D eigenvalue weighted by molar-refractivity contribution is -0.157. The van der Waals surface area contributed by atoms with E-state index in [1.54, 1.807) is 18.2 Å². The van der Waals surface area contributed by atoms with Crippen LogP contribution in [0.3, 0.4) is 0 Å². The minimum absolute atomic E-state index is 0. The second-order valence-corrected chi connectivity index (χ2v) is 7.55. The first kappa shape index (κ1) is 22.7. The monoisotopic (exact) mass is 452 g/mol. The molecule has 0 radical (unpaired) electrons. The molecule has 6 unspecified atom stereocenters. The lowest BCUT2D eigenvalue weighted by atomic mass is 9.94. The molecule has 154 valence electrons. The van der Waals surface area contributed by atoms with E-state index in [4.69, 9.17) is 33.8 Å². The Morgan fingerprint density at radius 1 is 1.18 bits per heavy atom. The normalized spacial score (nSPS) is 30.0. The van der Waals surface area contributed by atoms with E-state index >= 15 is 0 Å². The van der Waals surface area contributed by atoms with Crippen molar-refractivity contribution in [3.8, 4) is 0 Å². The number of aliphatic carboxylic acids is 1. The fourth-order valence-corrected chi connectivity index (χ4v) is 4.41.